The third-order valence-electron chi connectivity index (χ3n) is 2.53. The lowest BCUT2D eigenvalue weighted by Crippen LogP contribution is -2.15. The Hall–Kier alpha value is -3.03. The second-order valence-corrected chi connectivity index (χ2v) is 3.78. The van der Waals surface area contributed by atoms with Crippen LogP contribution in [0.2, 0.25) is 0 Å². The average molecular weight is 273 g/mol. The van der Waals surface area contributed by atoms with Crippen molar-refractivity contribution in [2.75, 3.05) is 17.7 Å². The summed E-state index contributed by atoms with van der Waals surface area (Å²) in [6.07, 6.45) is 4.22. The van der Waals surface area contributed by atoms with Crippen LogP contribution in [0.25, 0.3) is 0 Å². The summed E-state index contributed by atoms with van der Waals surface area (Å²) < 4.78 is 0. The van der Waals surface area contributed by atoms with Gasteiger partial charge in [-0.15, -0.1) is 0 Å². The van der Waals surface area contributed by atoms with Gasteiger partial charge in [0.15, 0.2) is 5.82 Å². The van der Waals surface area contributed by atoms with E-state index in [-0.39, 0.29) is 17.1 Å². The molecule has 0 saturated carbocycles. The number of nitrogens with zero attached hydrogens (tertiary/aromatic N) is 3. The van der Waals surface area contributed by atoms with Crippen LogP contribution in [0.1, 0.15) is 10.4 Å². The van der Waals surface area contributed by atoms with Crippen LogP contribution in [-0.4, -0.2) is 27.8 Å². The summed E-state index contributed by atoms with van der Waals surface area (Å²) in [7, 11) is 1.66. The summed E-state index contributed by atoms with van der Waals surface area (Å²) in [5.41, 5.74) is 0.276. The van der Waals surface area contributed by atoms with Crippen LogP contribution in [0.3, 0.4) is 0 Å². The van der Waals surface area contributed by atoms with Crippen LogP contribution in [0.15, 0.2) is 36.8 Å². The van der Waals surface area contributed by atoms with Crippen LogP contribution in [0.5, 0.6) is 0 Å². The zero-order valence-corrected chi connectivity index (χ0v) is 10.5. The Balaban J connectivity index is 2.35. The topological polar surface area (TPSA) is 110 Å². The van der Waals surface area contributed by atoms with Crippen molar-refractivity contribution < 1.29 is 9.72 Å². The standard InChI is InChI=1S/C12H11N5O3/c1-13-8-2-3-10(17(19)20)9(6-8)12(18)16-11-7-14-4-5-15-11/h2-7,13H,1H3,(H,15,16,18). The van der Waals surface area contributed by atoms with Crippen LogP contribution < -0.4 is 10.6 Å². The molecule has 1 heterocycles. The molecule has 1 aromatic heterocycles. The van der Waals surface area contributed by atoms with E-state index >= 15 is 0 Å². The predicted molar refractivity (Wildman–Crippen MR) is 72.6 cm³/mol. The first kappa shape index (κ1) is 13.4. The lowest BCUT2D eigenvalue weighted by Gasteiger charge is -2.06. The fourth-order valence-corrected chi connectivity index (χ4v) is 1.58. The fraction of sp³-hybridized carbons (Fsp3) is 0.0833. The van der Waals surface area contributed by atoms with Gasteiger partial charge in [-0.3, -0.25) is 19.9 Å². The molecule has 8 heteroatoms. The smallest absolute Gasteiger partial charge is 0.282 e. The number of carbonyl (C=O) groups excluding carboxylic acids is 1. The summed E-state index contributed by atoms with van der Waals surface area (Å²) in [6.45, 7) is 0. The molecule has 0 aliphatic heterocycles. The molecule has 0 radical (unpaired) electrons. The number of carbonyl (C=O) groups is 1. The molecule has 1 aromatic carbocycles. The fourth-order valence-electron chi connectivity index (χ4n) is 1.58. The first-order valence-electron chi connectivity index (χ1n) is 5.65. The van der Waals surface area contributed by atoms with Gasteiger partial charge in [0.2, 0.25) is 0 Å². The quantitative estimate of drug-likeness (QED) is 0.647. The summed E-state index contributed by atoms with van der Waals surface area (Å²) >= 11 is 0. The van der Waals surface area contributed by atoms with E-state index in [1.807, 2.05) is 0 Å². The second kappa shape index (κ2) is 5.74. The van der Waals surface area contributed by atoms with Crippen molar-refractivity contribution in [1.29, 1.82) is 0 Å². The van der Waals surface area contributed by atoms with E-state index in [1.165, 1.54) is 36.8 Å². The van der Waals surface area contributed by atoms with Gasteiger partial charge < -0.3 is 10.6 Å². The first-order chi connectivity index (χ1) is 9.61. The van der Waals surface area contributed by atoms with E-state index in [1.54, 1.807) is 7.05 Å². The molecule has 0 saturated heterocycles. The largest absolute Gasteiger partial charge is 0.388 e. The highest BCUT2D eigenvalue weighted by Gasteiger charge is 2.20. The number of nitro benzene ring substituents is 1. The number of aromatic nitrogens is 2. The molecular formula is C12H11N5O3. The van der Waals surface area contributed by atoms with E-state index in [9.17, 15) is 14.9 Å². The van der Waals surface area contributed by atoms with E-state index in [2.05, 4.69) is 20.6 Å². The van der Waals surface area contributed by atoms with Crippen molar-refractivity contribution in [2.24, 2.45) is 0 Å². The number of hydrogen-bond donors (Lipinski definition) is 2. The third kappa shape index (κ3) is 2.86. The highest BCUT2D eigenvalue weighted by atomic mass is 16.6. The number of nitro groups is 1. The molecule has 20 heavy (non-hydrogen) atoms. The molecule has 0 spiro atoms. The Bertz CT molecular complexity index is 645. The highest BCUT2D eigenvalue weighted by molar-refractivity contribution is 6.07. The molecule has 0 atom stereocenters. The Morgan fingerprint density at radius 3 is 2.75 bits per heavy atom. The summed E-state index contributed by atoms with van der Waals surface area (Å²) in [5, 5.41) is 16.2. The number of anilines is 2. The van der Waals surface area contributed by atoms with Gasteiger partial charge in [-0.1, -0.05) is 0 Å². The summed E-state index contributed by atoms with van der Waals surface area (Å²) in [5.74, 6) is -0.393. The van der Waals surface area contributed by atoms with Gasteiger partial charge in [-0.2, -0.15) is 0 Å². The number of amides is 1. The first-order valence-corrected chi connectivity index (χ1v) is 5.65. The van der Waals surface area contributed by atoms with E-state index < -0.39 is 10.8 Å². The zero-order chi connectivity index (χ0) is 14.5. The van der Waals surface area contributed by atoms with Crippen LogP contribution in [0.4, 0.5) is 17.2 Å². The maximum absolute atomic E-state index is 12.1. The Morgan fingerprint density at radius 2 is 2.15 bits per heavy atom. The van der Waals surface area contributed by atoms with Crippen molar-refractivity contribution >= 4 is 23.1 Å². The Kier molecular flexibility index (Phi) is 3.85. The van der Waals surface area contributed by atoms with Crippen molar-refractivity contribution in [3.05, 3.63) is 52.5 Å². The van der Waals surface area contributed by atoms with E-state index in [4.69, 9.17) is 0 Å². The lowest BCUT2D eigenvalue weighted by atomic mass is 10.1. The minimum absolute atomic E-state index is 0.0486. The van der Waals surface area contributed by atoms with Gasteiger partial charge in [-0.05, 0) is 12.1 Å². The molecule has 0 fully saturated rings. The molecule has 2 aromatic rings. The summed E-state index contributed by atoms with van der Waals surface area (Å²) in [4.78, 5) is 30.1. The van der Waals surface area contributed by atoms with Gasteiger partial charge in [0.1, 0.15) is 5.56 Å². The maximum Gasteiger partial charge on any atom is 0.282 e. The molecule has 0 unspecified atom stereocenters. The molecular weight excluding hydrogens is 262 g/mol. The number of nitrogens with one attached hydrogen (secondary N) is 2. The normalized spacial score (nSPS) is 9.85. The van der Waals surface area contributed by atoms with Gasteiger partial charge >= 0.3 is 0 Å². The second-order valence-electron chi connectivity index (χ2n) is 3.78. The highest BCUT2D eigenvalue weighted by Crippen LogP contribution is 2.23. The van der Waals surface area contributed by atoms with E-state index in [0.717, 1.165) is 0 Å². The molecule has 0 aliphatic carbocycles. The SMILES string of the molecule is CNc1ccc([N+](=O)[O-])c(C(=O)Nc2cnccn2)c1. The predicted octanol–water partition coefficient (Wildman–Crippen LogP) is 1.68. The van der Waals surface area contributed by atoms with Crippen LogP contribution in [-0.2, 0) is 0 Å². The molecule has 8 nitrogen and oxygen atoms in total. The van der Waals surface area contributed by atoms with Crippen molar-refractivity contribution in [3.8, 4) is 0 Å². The number of benzene rings is 1. The average Bonchev–Trinajstić information content (AvgIpc) is 2.47. The van der Waals surface area contributed by atoms with Gasteiger partial charge in [-0.25, -0.2) is 4.98 Å². The van der Waals surface area contributed by atoms with Crippen molar-refractivity contribution in [3.63, 3.8) is 0 Å². The molecule has 102 valence electrons. The summed E-state index contributed by atoms with van der Waals surface area (Å²) in [6, 6.07) is 4.21. The van der Waals surface area contributed by atoms with Crippen molar-refractivity contribution in [2.45, 2.75) is 0 Å². The van der Waals surface area contributed by atoms with Gasteiger partial charge in [0.25, 0.3) is 11.6 Å². The monoisotopic (exact) mass is 273 g/mol. The Labute approximate surface area is 114 Å². The van der Waals surface area contributed by atoms with Gasteiger partial charge in [0, 0.05) is 31.2 Å². The molecule has 0 aliphatic rings. The van der Waals surface area contributed by atoms with Crippen LogP contribution in [0, 0.1) is 10.1 Å². The third-order valence-corrected chi connectivity index (χ3v) is 2.53. The number of rotatable bonds is 4. The van der Waals surface area contributed by atoms with Crippen LogP contribution >= 0.6 is 0 Å². The zero-order valence-electron chi connectivity index (χ0n) is 10.5. The minimum atomic E-state index is -0.616. The molecule has 0 bridgehead atoms. The number of hydrogen-bond acceptors (Lipinski definition) is 6. The van der Waals surface area contributed by atoms with Crippen molar-refractivity contribution in [1.82, 2.24) is 9.97 Å². The molecule has 2 N–H and O–H groups in total. The Morgan fingerprint density at radius 1 is 1.35 bits per heavy atom. The lowest BCUT2D eigenvalue weighted by molar-refractivity contribution is -0.385. The maximum atomic E-state index is 12.1. The molecule has 2 rings (SSSR count). The molecule has 1 amide bonds. The van der Waals surface area contributed by atoms with E-state index in [0.29, 0.717) is 5.69 Å². The van der Waals surface area contributed by atoms with Gasteiger partial charge in [0.05, 0.1) is 11.1 Å². The minimum Gasteiger partial charge on any atom is -0.388 e.